The Morgan fingerprint density at radius 1 is 1.14 bits per heavy atom. The van der Waals surface area contributed by atoms with Crippen molar-refractivity contribution in [1.82, 2.24) is 9.78 Å². The number of aryl methyl sites for hydroxylation is 1. The van der Waals surface area contributed by atoms with E-state index in [1.54, 1.807) is 38.3 Å². The van der Waals surface area contributed by atoms with Crippen molar-refractivity contribution in [2.24, 2.45) is 0 Å². The van der Waals surface area contributed by atoms with Crippen LogP contribution in [-0.4, -0.2) is 22.8 Å². The SMILES string of the molecule is COCc1cccc(C(=O)Nc2cc(C)nn2-c2cccc(C(F)(F)F)c2)c1. The summed E-state index contributed by atoms with van der Waals surface area (Å²) in [6.07, 6.45) is -4.47. The fraction of sp³-hybridized carbons (Fsp3) is 0.200. The molecular formula is C20H18F3N3O2. The summed E-state index contributed by atoms with van der Waals surface area (Å²) in [6.45, 7) is 2.06. The first-order valence-electron chi connectivity index (χ1n) is 8.41. The third-order valence-electron chi connectivity index (χ3n) is 3.99. The zero-order chi connectivity index (χ0) is 20.3. The van der Waals surface area contributed by atoms with Crippen LogP contribution in [0.15, 0.2) is 54.6 Å². The summed E-state index contributed by atoms with van der Waals surface area (Å²) in [6, 6.07) is 13.3. The zero-order valence-corrected chi connectivity index (χ0v) is 15.2. The van der Waals surface area contributed by atoms with Gasteiger partial charge in [0, 0.05) is 18.7 Å². The standard InChI is InChI=1S/C20H18F3N3O2/c1-13-9-18(24-19(27)15-6-3-5-14(10-15)12-28-2)26(25-13)17-8-4-7-16(11-17)20(21,22)23/h3-11H,12H2,1-2H3,(H,24,27). The lowest BCUT2D eigenvalue weighted by molar-refractivity contribution is -0.137. The summed E-state index contributed by atoms with van der Waals surface area (Å²) in [5, 5.41) is 6.93. The second-order valence-electron chi connectivity index (χ2n) is 6.22. The van der Waals surface area contributed by atoms with Crippen LogP contribution in [0.5, 0.6) is 0 Å². The number of hydrogen-bond acceptors (Lipinski definition) is 3. The van der Waals surface area contributed by atoms with E-state index in [4.69, 9.17) is 4.74 Å². The second kappa shape index (κ2) is 7.85. The molecule has 0 atom stereocenters. The molecular weight excluding hydrogens is 371 g/mol. The van der Waals surface area contributed by atoms with E-state index < -0.39 is 17.6 Å². The van der Waals surface area contributed by atoms with Gasteiger partial charge in [-0.05, 0) is 42.8 Å². The van der Waals surface area contributed by atoms with Crippen LogP contribution in [0.4, 0.5) is 19.0 Å². The lowest BCUT2D eigenvalue weighted by Crippen LogP contribution is -2.15. The Morgan fingerprint density at radius 3 is 2.61 bits per heavy atom. The number of carbonyl (C=O) groups excluding carboxylic acids is 1. The van der Waals surface area contributed by atoms with Crippen molar-refractivity contribution in [3.8, 4) is 5.69 Å². The van der Waals surface area contributed by atoms with E-state index in [9.17, 15) is 18.0 Å². The highest BCUT2D eigenvalue weighted by Crippen LogP contribution is 2.31. The summed E-state index contributed by atoms with van der Waals surface area (Å²) in [4.78, 5) is 12.6. The summed E-state index contributed by atoms with van der Waals surface area (Å²) in [5.41, 5.74) is 1.21. The Kier molecular flexibility index (Phi) is 5.51. The molecule has 0 aliphatic carbocycles. The largest absolute Gasteiger partial charge is 0.416 e. The maximum absolute atomic E-state index is 13.0. The molecule has 8 heteroatoms. The minimum atomic E-state index is -4.47. The number of amides is 1. The van der Waals surface area contributed by atoms with Crippen LogP contribution >= 0.6 is 0 Å². The normalized spacial score (nSPS) is 11.5. The molecule has 28 heavy (non-hydrogen) atoms. The molecule has 2 aromatic carbocycles. The van der Waals surface area contributed by atoms with Crippen LogP contribution in [0, 0.1) is 6.92 Å². The molecule has 0 aliphatic heterocycles. The number of alkyl halides is 3. The van der Waals surface area contributed by atoms with Gasteiger partial charge in [-0.25, -0.2) is 4.68 Å². The van der Waals surface area contributed by atoms with Gasteiger partial charge in [-0.1, -0.05) is 18.2 Å². The van der Waals surface area contributed by atoms with Crippen molar-refractivity contribution < 1.29 is 22.7 Å². The number of aromatic nitrogens is 2. The molecule has 5 nitrogen and oxygen atoms in total. The minimum absolute atomic E-state index is 0.200. The predicted octanol–water partition coefficient (Wildman–Crippen LogP) is 4.60. The zero-order valence-electron chi connectivity index (χ0n) is 15.2. The van der Waals surface area contributed by atoms with E-state index in [0.717, 1.165) is 17.7 Å². The fourth-order valence-electron chi connectivity index (χ4n) is 2.76. The van der Waals surface area contributed by atoms with Gasteiger partial charge in [0.05, 0.1) is 23.6 Å². The van der Waals surface area contributed by atoms with Crippen LogP contribution < -0.4 is 5.32 Å². The summed E-state index contributed by atoms with van der Waals surface area (Å²) < 4.78 is 45.4. The van der Waals surface area contributed by atoms with Gasteiger partial charge >= 0.3 is 6.18 Å². The number of nitrogens with zero attached hydrogens (tertiary/aromatic N) is 2. The number of halogens is 3. The first-order valence-corrected chi connectivity index (χ1v) is 8.41. The molecule has 1 aromatic heterocycles. The Bertz CT molecular complexity index is 996. The summed E-state index contributed by atoms with van der Waals surface area (Å²) in [7, 11) is 1.56. The lowest BCUT2D eigenvalue weighted by atomic mass is 10.1. The number of carbonyl (C=O) groups is 1. The Balaban J connectivity index is 1.91. The fourth-order valence-corrected chi connectivity index (χ4v) is 2.76. The third kappa shape index (κ3) is 4.40. The van der Waals surface area contributed by atoms with E-state index in [0.29, 0.717) is 17.9 Å². The highest BCUT2D eigenvalue weighted by molar-refractivity contribution is 6.04. The molecule has 0 radical (unpaired) electrons. The number of hydrogen-bond donors (Lipinski definition) is 1. The van der Waals surface area contributed by atoms with Crippen molar-refractivity contribution >= 4 is 11.7 Å². The molecule has 1 heterocycles. The van der Waals surface area contributed by atoms with Gasteiger partial charge in [-0.15, -0.1) is 0 Å². The van der Waals surface area contributed by atoms with Crippen molar-refractivity contribution in [1.29, 1.82) is 0 Å². The molecule has 0 saturated heterocycles. The molecule has 0 fully saturated rings. The van der Waals surface area contributed by atoms with Crippen LogP contribution in [0.25, 0.3) is 5.69 Å². The number of nitrogens with one attached hydrogen (secondary N) is 1. The van der Waals surface area contributed by atoms with Gasteiger partial charge < -0.3 is 10.1 Å². The number of rotatable bonds is 5. The smallest absolute Gasteiger partial charge is 0.380 e. The maximum atomic E-state index is 13.0. The van der Waals surface area contributed by atoms with Crippen molar-refractivity contribution in [2.45, 2.75) is 19.7 Å². The summed E-state index contributed by atoms with van der Waals surface area (Å²) >= 11 is 0. The van der Waals surface area contributed by atoms with Crippen LogP contribution in [0.1, 0.15) is 27.2 Å². The van der Waals surface area contributed by atoms with Crippen molar-refractivity contribution in [2.75, 3.05) is 12.4 Å². The minimum Gasteiger partial charge on any atom is -0.380 e. The summed E-state index contributed by atoms with van der Waals surface area (Å²) in [5.74, 6) is -0.120. The quantitative estimate of drug-likeness (QED) is 0.694. The molecule has 0 spiro atoms. The van der Waals surface area contributed by atoms with Crippen LogP contribution in [0.3, 0.4) is 0 Å². The molecule has 0 unspecified atom stereocenters. The van der Waals surface area contributed by atoms with Gasteiger partial charge in [-0.3, -0.25) is 4.79 Å². The topological polar surface area (TPSA) is 56.1 Å². The van der Waals surface area contributed by atoms with Gasteiger partial charge in [-0.2, -0.15) is 18.3 Å². The van der Waals surface area contributed by atoms with E-state index >= 15 is 0 Å². The average Bonchev–Trinajstić information content (AvgIpc) is 3.02. The molecule has 0 aliphatic rings. The first kappa shape index (κ1) is 19.6. The molecule has 3 rings (SSSR count). The van der Waals surface area contributed by atoms with Gasteiger partial charge in [0.25, 0.3) is 5.91 Å². The highest BCUT2D eigenvalue weighted by atomic mass is 19.4. The molecule has 146 valence electrons. The lowest BCUT2D eigenvalue weighted by Gasteiger charge is -2.12. The molecule has 1 N–H and O–H groups in total. The molecule has 1 amide bonds. The van der Waals surface area contributed by atoms with Gasteiger partial charge in [0.2, 0.25) is 0 Å². The monoisotopic (exact) mass is 389 g/mol. The third-order valence-corrected chi connectivity index (χ3v) is 3.99. The van der Waals surface area contributed by atoms with E-state index in [1.807, 2.05) is 6.07 Å². The average molecular weight is 389 g/mol. The second-order valence-corrected chi connectivity index (χ2v) is 6.22. The van der Waals surface area contributed by atoms with Crippen molar-refractivity contribution in [3.63, 3.8) is 0 Å². The maximum Gasteiger partial charge on any atom is 0.416 e. The van der Waals surface area contributed by atoms with E-state index in [2.05, 4.69) is 10.4 Å². The number of methoxy groups -OCH3 is 1. The number of ether oxygens (including phenoxy) is 1. The molecule has 0 bridgehead atoms. The number of benzene rings is 2. The van der Waals surface area contributed by atoms with Gasteiger partial charge in [0.15, 0.2) is 0 Å². The Labute approximate surface area is 159 Å². The van der Waals surface area contributed by atoms with Crippen molar-refractivity contribution in [3.05, 3.63) is 77.0 Å². The number of anilines is 1. The Hall–Kier alpha value is -3.13. The van der Waals surface area contributed by atoms with E-state index in [-0.39, 0.29) is 11.5 Å². The van der Waals surface area contributed by atoms with Crippen LogP contribution in [-0.2, 0) is 17.5 Å². The van der Waals surface area contributed by atoms with Crippen LogP contribution in [0.2, 0.25) is 0 Å². The Morgan fingerprint density at radius 2 is 1.89 bits per heavy atom. The first-order chi connectivity index (χ1) is 13.3. The molecule has 3 aromatic rings. The highest BCUT2D eigenvalue weighted by Gasteiger charge is 2.30. The molecule has 0 saturated carbocycles. The van der Waals surface area contributed by atoms with Gasteiger partial charge in [0.1, 0.15) is 5.82 Å². The van der Waals surface area contributed by atoms with E-state index in [1.165, 1.54) is 16.8 Å². The predicted molar refractivity (Wildman–Crippen MR) is 98.4 cm³/mol.